The van der Waals surface area contributed by atoms with Crippen molar-refractivity contribution >= 4 is 17.8 Å². The minimum atomic E-state index is -0.836. The molecule has 2 bridgehead atoms. The molecule has 0 unspecified atom stereocenters. The van der Waals surface area contributed by atoms with Crippen molar-refractivity contribution in [2.75, 3.05) is 20.8 Å². The number of nitrogens with one attached hydrogen (secondary N) is 2. The molecule has 1 aromatic carbocycles. The van der Waals surface area contributed by atoms with E-state index < -0.39 is 18.0 Å². The average molecular weight is 413 g/mol. The Labute approximate surface area is 175 Å². The lowest BCUT2D eigenvalue weighted by Gasteiger charge is -2.19. The van der Waals surface area contributed by atoms with Crippen LogP contribution in [0.15, 0.2) is 30.4 Å². The molecule has 0 radical (unpaired) electrons. The van der Waals surface area contributed by atoms with Crippen LogP contribution in [0.1, 0.15) is 24.8 Å². The zero-order chi connectivity index (χ0) is 21.3. The summed E-state index contributed by atoms with van der Waals surface area (Å²) in [5.74, 6) is 2.16. The number of carbonyl (C=O) groups excluding carboxylic acids is 3. The Balaban J connectivity index is 1.31. The van der Waals surface area contributed by atoms with Crippen molar-refractivity contribution in [3.05, 3.63) is 35.9 Å². The zero-order valence-electron chi connectivity index (χ0n) is 17.2. The molecule has 1 aliphatic heterocycles. The first-order valence-corrected chi connectivity index (χ1v) is 10.3. The maximum absolute atomic E-state index is 12.7. The quantitative estimate of drug-likeness (QED) is 0.501. The van der Waals surface area contributed by atoms with Crippen LogP contribution in [0.4, 0.5) is 4.79 Å². The Morgan fingerprint density at radius 3 is 2.63 bits per heavy atom. The van der Waals surface area contributed by atoms with Gasteiger partial charge < -0.3 is 20.1 Å². The molecular weight excluding hydrogens is 386 g/mol. The van der Waals surface area contributed by atoms with Gasteiger partial charge in [0.25, 0.3) is 5.91 Å². The van der Waals surface area contributed by atoms with Crippen LogP contribution in [0, 0.1) is 17.8 Å². The van der Waals surface area contributed by atoms with Crippen molar-refractivity contribution in [3.8, 4) is 11.5 Å². The average Bonchev–Trinajstić information content (AvgIpc) is 3.44. The van der Waals surface area contributed by atoms with E-state index in [4.69, 9.17) is 9.47 Å². The second-order valence-corrected chi connectivity index (χ2v) is 8.16. The number of imide groups is 1. The summed E-state index contributed by atoms with van der Waals surface area (Å²) in [7, 11) is 3.07. The fourth-order valence-electron chi connectivity index (χ4n) is 4.66. The molecule has 0 aromatic heterocycles. The van der Waals surface area contributed by atoms with Gasteiger partial charge in [0.05, 0.1) is 27.2 Å². The highest BCUT2D eigenvalue weighted by Gasteiger charge is 2.40. The Bertz CT molecular complexity index is 884. The topological polar surface area (TPSA) is 97.0 Å². The van der Waals surface area contributed by atoms with Crippen molar-refractivity contribution in [1.82, 2.24) is 15.5 Å². The Morgan fingerprint density at radius 2 is 1.97 bits per heavy atom. The van der Waals surface area contributed by atoms with Gasteiger partial charge in [-0.15, -0.1) is 0 Å². The molecular formula is C22H27N3O5. The first-order valence-electron chi connectivity index (χ1n) is 10.3. The Hall–Kier alpha value is -3.03. The number of fused-ring (bicyclic) bond motifs is 2. The number of rotatable bonds is 8. The smallest absolute Gasteiger partial charge is 0.325 e. The van der Waals surface area contributed by atoms with Crippen LogP contribution in [-0.4, -0.2) is 49.6 Å². The van der Waals surface area contributed by atoms with E-state index in [0.717, 1.165) is 16.9 Å². The van der Waals surface area contributed by atoms with E-state index in [9.17, 15) is 14.4 Å². The minimum Gasteiger partial charge on any atom is -0.493 e. The van der Waals surface area contributed by atoms with Gasteiger partial charge in [0, 0.05) is 6.54 Å². The fraction of sp³-hybridized carbons (Fsp3) is 0.500. The molecule has 4 amide bonds. The van der Waals surface area contributed by atoms with E-state index in [1.54, 1.807) is 25.3 Å². The molecule has 1 saturated carbocycles. The molecule has 0 spiro atoms. The van der Waals surface area contributed by atoms with E-state index >= 15 is 0 Å². The summed E-state index contributed by atoms with van der Waals surface area (Å²) >= 11 is 0. The van der Waals surface area contributed by atoms with Gasteiger partial charge in [0.1, 0.15) is 6.04 Å². The predicted molar refractivity (Wildman–Crippen MR) is 109 cm³/mol. The van der Waals surface area contributed by atoms with Crippen LogP contribution in [0.3, 0.4) is 0 Å². The van der Waals surface area contributed by atoms with Crippen molar-refractivity contribution in [1.29, 1.82) is 0 Å². The van der Waals surface area contributed by atoms with E-state index in [1.165, 1.54) is 13.5 Å². The van der Waals surface area contributed by atoms with Gasteiger partial charge in [-0.25, -0.2) is 4.79 Å². The SMILES string of the molecule is COc1ccc(CN2C(=O)N[C@@H](CC(=O)NC[C@H]3C[C@H]4C=C[C@H]3C4)C2=O)cc1OC. The van der Waals surface area contributed by atoms with Gasteiger partial charge >= 0.3 is 6.03 Å². The summed E-state index contributed by atoms with van der Waals surface area (Å²) < 4.78 is 10.5. The number of benzene rings is 1. The van der Waals surface area contributed by atoms with Crippen molar-refractivity contribution in [2.24, 2.45) is 17.8 Å². The number of nitrogens with zero attached hydrogens (tertiary/aromatic N) is 1. The molecule has 2 N–H and O–H groups in total. The van der Waals surface area contributed by atoms with Gasteiger partial charge in [0.2, 0.25) is 5.91 Å². The summed E-state index contributed by atoms with van der Waals surface area (Å²) in [5, 5.41) is 5.56. The Morgan fingerprint density at radius 1 is 1.17 bits per heavy atom. The first kappa shape index (κ1) is 20.3. The monoisotopic (exact) mass is 413 g/mol. The summed E-state index contributed by atoms with van der Waals surface area (Å²) in [6, 6.07) is 3.89. The van der Waals surface area contributed by atoms with Gasteiger partial charge in [-0.05, 0) is 48.3 Å². The molecule has 2 aliphatic carbocycles. The highest BCUT2D eigenvalue weighted by atomic mass is 16.5. The molecule has 8 nitrogen and oxygen atoms in total. The lowest BCUT2D eigenvalue weighted by molar-refractivity contribution is -0.131. The third-order valence-corrected chi connectivity index (χ3v) is 6.26. The summed E-state index contributed by atoms with van der Waals surface area (Å²) in [5.41, 5.74) is 0.727. The highest BCUT2D eigenvalue weighted by molar-refractivity contribution is 6.05. The van der Waals surface area contributed by atoms with Crippen LogP contribution in [0.2, 0.25) is 0 Å². The van der Waals surface area contributed by atoms with E-state index in [-0.39, 0.29) is 18.9 Å². The lowest BCUT2D eigenvalue weighted by atomic mass is 9.93. The van der Waals surface area contributed by atoms with Gasteiger partial charge in [-0.3, -0.25) is 14.5 Å². The largest absolute Gasteiger partial charge is 0.493 e. The number of methoxy groups -OCH3 is 2. The highest BCUT2D eigenvalue weighted by Crippen LogP contribution is 2.42. The zero-order valence-corrected chi connectivity index (χ0v) is 17.2. The third kappa shape index (κ3) is 3.99. The summed E-state index contributed by atoms with van der Waals surface area (Å²) in [6.45, 7) is 0.717. The summed E-state index contributed by atoms with van der Waals surface area (Å²) in [4.78, 5) is 38.5. The fourth-order valence-corrected chi connectivity index (χ4v) is 4.66. The number of allylic oxidation sites excluding steroid dienone is 2. The molecule has 1 aromatic rings. The van der Waals surface area contributed by atoms with Crippen LogP contribution in [-0.2, 0) is 16.1 Å². The molecule has 4 atom stereocenters. The molecule has 8 heteroatoms. The second-order valence-electron chi connectivity index (χ2n) is 8.16. The normalized spacial score (nSPS) is 26.8. The molecule has 160 valence electrons. The lowest BCUT2D eigenvalue weighted by Crippen LogP contribution is -2.38. The maximum atomic E-state index is 12.7. The number of hydrogen-bond donors (Lipinski definition) is 2. The number of urea groups is 1. The van der Waals surface area contributed by atoms with E-state index in [0.29, 0.717) is 35.8 Å². The van der Waals surface area contributed by atoms with Crippen LogP contribution in [0.5, 0.6) is 11.5 Å². The number of hydrogen-bond acceptors (Lipinski definition) is 5. The summed E-state index contributed by atoms with van der Waals surface area (Å²) in [6.07, 6.45) is 6.76. The van der Waals surface area contributed by atoms with Crippen LogP contribution in [0.25, 0.3) is 0 Å². The van der Waals surface area contributed by atoms with Crippen molar-refractivity contribution < 1.29 is 23.9 Å². The number of carbonyl (C=O) groups is 3. The molecule has 1 saturated heterocycles. The van der Waals surface area contributed by atoms with Gasteiger partial charge in [-0.1, -0.05) is 18.2 Å². The van der Waals surface area contributed by atoms with Gasteiger partial charge in [0.15, 0.2) is 11.5 Å². The van der Waals surface area contributed by atoms with Crippen LogP contribution < -0.4 is 20.1 Å². The van der Waals surface area contributed by atoms with E-state index in [2.05, 4.69) is 22.8 Å². The minimum absolute atomic E-state index is 0.0519. The standard InChI is InChI=1S/C22H27N3O5/c1-29-18-6-4-14(9-19(18)30-2)12-25-21(27)17(24-22(25)28)10-20(26)23-11-16-8-13-3-5-15(16)7-13/h3-6,9,13,15-17H,7-8,10-12H2,1-2H3,(H,23,26)(H,24,28)/t13-,15-,16+,17-/m0/s1. The molecule has 30 heavy (non-hydrogen) atoms. The second kappa shape index (κ2) is 8.38. The van der Waals surface area contributed by atoms with Crippen LogP contribution >= 0.6 is 0 Å². The van der Waals surface area contributed by atoms with Gasteiger partial charge in [-0.2, -0.15) is 0 Å². The predicted octanol–water partition coefficient (Wildman–Crippen LogP) is 1.84. The third-order valence-electron chi connectivity index (χ3n) is 6.26. The molecule has 4 rings (SSSR count). The Kier molecular flexibility index (Phi) is 5.65. The first-order chi connectivity index (χ1) is 14.5. The maximum Gasteiger partial charge on any atom is 0.325 e. The van der Waals surface area contributed by atoms with Crippen molar-refractivity contribution in [3.63, 3.8) is 0 Å². The van der Waals surface area contributed by atoms with E-state index in [1.807, 2.05) is 0 Å². The molecule has 1 heterocycles. The number of amides is 4. The molecule has 3 aliphatic rings. The number of ether oxygens (including phenoxy) is 2. The molecule has 2 fully saturated rings. The van der Waals surface area contributed by atoms with Crippen molar-refractivity contribution in [2.45, 2.75) is 31.8 Å².